The Kier molecular flexibility index (Phi) is 4.19. The Labute approximate surface area is 111 Å². The number of benzene rings is 1. The van der Waals surface area contributed by atoms with Crippen molar-refractivity contribution in [2.75, 3.05) is 7.05 Å². The highest BCUT2D eigenvalue weighted by molar-refractivity contribution is 6.30. The van der Waals surface area contributed by atoms with E-state index in [0.717, 1.165) is 24.3 Å². The van der Waals surface area contributed by atoms with Crippen molar-refractivity contribution in [2.24, 2.45) is 5.92 Å². The second-order valence-corrected chi connectivity index (χ2v) is 5.24. The van der Waals surface area contributed by atoms with E-state index >= 15 is 0 Å². The van der Waals surface area contributed by atoms with Crippen LogP contribution < -0.4 is 5.32 Å². The predicted molar refractivity (Wildman–Crippen MR) is 72.0 cm³/mol. The molecule has 18 heavy (non-hydrogen) atoms. The van der Waals surface area contributed by atoms with Crippen molar-refractivity contribution in [3.63, 3.8) is 0 Å². The molecule has 0 radical (unpaired) electrons. The van der Waals surface area contributed by atoms with E-state index in [1.165, 1.54) is 18.9 Å². The Morgan fingerprint density at radius 2 is 2.28 bits per heavy atom. The van der Waals surface area contributed by atoms with Crippen molar-refractivity contribution >= 4 is 17.3 Å². The summed E-state index contributed by atoms with van der Waals surface area (Å²) in [6.45, 7) is 0. The van der Waals surface area contributed by atoms with Gasteiger partial charge in [-0.3, -0.25) is 10.1 Å². The molecule has 0 aromatic heterocycles. The lowest BCUT2D eigenvalue weighted by Gasteiger charge is -2.14. The van der Waals surface area contributed by atoms with E-state index in [2.05, 4.69) is 5.32 Å². The molecule has 1 saturated carbocycles. The SMILES string of the molecule is CNC(CCc1ccc(Cl)cc1[N+](=O)[O-])C1CC1. The van der Waals surface area contributed by atoms with Crippen LogP contribution in [0.1, 0.15) is 24.8 Å². The molecule has 0 amide bonds. The Morgan fingerprint density at radius 1 is 1.56 bits per heavy atom. The molecule has 1 atom stereocenters. The number of aryl methyl sites for hydroxylation is 1. The Morgan fingerprint density at radius 3 is 2.83 bits per heavy atom. The van der Waals surface area contributed by atoms with Crippen LogP contribution in [0, 0.1) is 16.0 Å². The van der Waals surface area contributed by atoms with Crippen molar-refractivity contribution in [1.82, 2.24) is 5.32 Å². The number of rotatable bonds is 6. The van der Waals surface area contributed by atoms with Crippen LogP contribution in [0.25, 0.3) is 0 Å². The Hall–Kier alpha value is -1.13. The fraction of sp³-hybridized carbons (Fsp3) is 0.538. The van der Waals surface area contributed by atoms with E-state index in [1.54, 1.807) is 12.1 Å². The Bertz CT molecular complexity index is 447. The molecule has 1 unspecified atom stereocenters. The Balaban J connectivity index is 2.05. The zero-order valence-corrected chi connectivity index (χ0v) is 11.1. The number of halogens is 1. The predicted octanol–water partition coefficient (Wildman–Crippen LogP) is 3.18. The van der Waals surface area contributed by atoms with Gasteiger partial charge in [0.05, 0.1) is 4.92 Å². The lowest BCUT2D eigenvalue weighted by Crippen LogP contribution is -2.27. The third kappa shape index (κ3) is 3.21. The van der Waals surface area contributed by atoms with Crippen LogP contribution in [0.15, 0.2) is 18.2 Å². The fourth-order valence-corrected chi connectivity index (χ4v) is 2.51. The first-order chi connectivity index (χ1) is 8.61. The molecule has 0 heterocycles. The van der Waals surface area contributed by atoms with Gasteiger partial charge in [-0.25, -0.2) is 0 Å². The van der Waals surface area contributed by atoms with Crippen molar-refractivity contribution < 1.29 is 4.92 Å². The third-order valence-corrected chi connectivity index (χ3v) is 3.77. The monoisotopic (exact) mass is 268 g/mol. The van der Waals surface area contributed by atoms with Crippen molar-refractivity contribution in [2.45, 2.75) is 31.7 Å². The second-order valence-electron chi connectivity index (χ2n) is 4.80. The summed E-state index contributed by atoms with van der Waals surface area (Å²) in [5.74, 6) is 0.751. The number of nitro groups is 1. The van der Waals surface area contributed by atoms with Crippen LogP contribution >= 0.6 is 11.6 Å². The van der Waals surface area contributed by atoms with E-state index in [9.17, 15) is 10.1 Å². The lowest BCUT2D eigenvalue weighted by molar-refractivity contribution is -0.385. The highest BCUT2D eigenvalue weighted by Gasteiger charge is 2.30. The minimum Gasteiger partial charge on any atom is -0.317 e. The van der Waals surface area contributed by atoms with Gasteiger partial charge in [0.15, 0.2) is 0 Å². The van der Waals surface area contributed by atoms with Crippen molar-refractivity contribution in [3.8, 4) is 0 Å². The number of nitrogens with zero attached hydrogens (tertiary/aromatic N) is 1. The van der Waals surface area contributed by atoms with Gasteiger partial charge >= 0.3 is 0 Å². The molecule has 4 nitrogen and oxygen atoms in total. The van der Waals surface area contributed by atoms with Gasteiger partial charge in [-0.05, 0) is 44.7 Å². The van der Waals surface area contributed by atoms with E-state index in [1.807, 2.05) is 7.05 Å². The molecule has 1 N–H and O–H groups in total. The van der Waals surface area contributed by atoms with Gasteiger partial charge in [-0.1, -0.05) is 17.7 Å². The van der Waals surface area contributed by atoms with Gasteiger partial charge in [-0.15, -0.1) is 0 Å². The highest BCUT2D eigenvalue weighted by Crippen LogP contribution is 2.35. The standard InChI is InChI=1S/C13H17ClN2O2/c1-15-12(9-2-3-9)7-5-10-4-6-11(14)8-13(10)16(17)18/h4,6,8-9,12,15H,2-3,5,7H2,1H3. The van der Waals surface area contributed by atoms with Crippen LogP contribution in [0.3, 0.4) is 0 Å². The van der Waals surface area contributed by atoms with E-state index in [-0.39, 0.29) is 10.6 Å². The van der Waals surface area contributed by atoms with E-state index < -0.39 is 0 Å². The first-order valence-electron chi connectivity index (χ1n) is 6.22. The summed E-state index contributed by atoms with van der Waals surface area (Å²) in [5, 5.41) is 14.7. The van der Waals surface area contributed by atoms with Gasteiger partial charge in [-0.2, -0.15) is 0 Å². The summed E-state index contributed by atoms with van der Waals surface area (Å²) in [6.07, 6.45) is 4.20. The molecule has 0 bridgehead atoms. The molecular weight excluding hydrogens is 252 g/mol. The highest BCUT2D eigenvalue weighted by atomic mass is 35.5. The minimum atomic E-state index is -0.354. The zero-order chi connectivity index (χ0) is 13.1. The van der Waals surface area contributed by atoms with Gasteiger partial charge in [0, 0.05) is 22.7 Å². The summed E-state index contributed by atoms with van der Waals surface area (Å²) in [6, 6.07) is 5.39. The molecule has 1 aliphatic carbocycles. The molecule has 1 aromatic carbocycles. The zero-order valence-electron chi connectivity index (χ0n) is 10.4. The van der Waals surface area contributed by atoms with Gasteiger partial charge in [0.25, 0.3) is 5.69 Å². The molecule has 0 aliphatic heterocycles. The first kappa shape index (κ1) is 13.3. The molecule has 1 aromatic rings. The number of hydrogen-bond donors (Lipinski definition) is 1. The molecule has 0 saturated heterocycles. The van der Waals surface area contributed by atoms with Crippen LogP contribution in [0.2, 0.25) is 5.02 Å². The number of nitro benzene ring substituents is 1. The lowest BCUT2D eigenvalue weighted by atomic mass is 10.0. The maximum atomic E-state index is 11.0. The van der Waals surface area contributed by atoms with Gasteiger partial charge in [0.1, 0.15) is 0 Å². The molecular formula is C13H17ClN2O2. The summed E-state index contributed by atoms with van der Waals surface area (Å²) in [4.78, 5) is 10.6. The maximum Gasteiger partial charge on any atom is 0.274 e. The van der Waals surface area contributed by atoms with Crippen LogP contribution in [-0.4, -0.2) is 18.0 Å². The van der Waals surface area contributed by atoms with E-state index in [0.29, 0.717) is 11.1 Å². The average Bonchev–Trinajstić information content (AvgIpc) is 3.15. The van der Waals surface area contributed by atoms with Gasteiger partial charge < -0.3 is 5.32 Å². The average molecular weight is 269 g/mol. The van der Waals surface area contributed by atoms with Crippen LogP contribution in [0.5, 0.6) is 0 Å². The normalized spacial score (nSPS) is 16.6. The molecule has 1 fully saturated rings. The van der Waals surface area contributed by atoms with Crippen LogP contribution in [-0.2, 0) is 6.42 Å². The smallest absolute Gasteiger partial charge is 0.274 e. The summed E-state index contributed by atoms with van der Waals surface area (Å²) >= 11 is 5.79. The van der Waals surface area contributed by atoms with E-state index in [4.69, 9.17) is 11.6 Å². The van der Waals surface area contributed by atoms with Crippen molar-refractivity contribution in [1.29, 1.82) is 0 Å². The molecule has 0 spiro atoms. The molecule has 5 heteroatoms. The maximum absolute atomic E-state index is 11.0. The van der Waals surface area contributed by atoms with Crippen molar-refractivity contribution in [3.05, 3.63) is 38.9 Å². The topological polar surface area (TPSA) is 55.2 Å². The first-order valence-corrected chi connectivity index (χ1v) is 6.59. The summed E-state index contributed by atoms with van der Waals surface area (Å²) < 4.78 is 0. The summed E-state index contributed by atoms with van der Waals surface area (Å²) in [5.41, 5.74) is 0.901. The molecule has 1 aliphatic rings. The number of hydrogen-bond acceptors (Lipinski definition) is 3. The largest absolute Gasteiger partial charge is 0.317 e. The quantitative estimate of drug-likeness (QED) is 0.637. The summed E-state index contributed by atoms with van der Waals surface area (Å²) in [7, 11) is 1.96. The second kappa shape index (κ2) is 5.67. The molecule has 98 valence electrons. The number of nitrogens with one attached hydrogen (secondary N) is 1. The minimum absolute atomic E-state index is 0.133. The third-order valence-electron chi connectivity index (χ3n) is 3.53. The van der Waals surface area contributed by atoms with Gasteiger partial charge in [0.2, 0.25) is 0 Å². The fourth-order valence-electron chi connectivity index (χ4n) is 2.34. The molecule has 2 rings (SSSR count). The van der Waals surface area contributed by atoms with Crippen LogP contribution in [0.4, 0.5) is 5.69 Å².